The van der Waals surface area contributed by atoms with Gasteiger partial charge in [-0.15, -0.1) is 11.3 Å². The van der Waals surface area contributed by atoms with Crippen LogP contribution in [0.2, 0.25) is 0 Å². The first kappa shape index (κ1) is 16.1. The fourth-order valence-corrected chi connectivity index (χ4v) is 3.95. The molecule has 0 N–H and O–H groups in total. The predicted octanol–water partition coefficient (Wildman–Crippen LogP) is 4.89. The Bertz CT molecular complexity index is 988. The van der Waals surface area contributed by atoms with Crippen LogP contribution in [0.25, 0.3) is 16.5 Å². The molecule has 0 saturated heterocycles. The highest BCUT2D eigenvalue weighted by atomic mass is 32.2. The second-order valence-electron chi connectivity index (χ2n) is 5.65. The maximum absolute atomic E-state index is 5.34. The summed E-state index contributed by atoms with van der Waals surface area (Å²) in [5.41, 5.74) is 3.58. The summed E-state index contributed by atoms with van der Waals surface area (Å²) in [6.45, 7) is 4.20. The van der Waals surface area contributed by atoms with Gasteiger partial charge in [-0.25, -0.2) is 4.98 Å². The van der Waals surface area contributed by atoms with Gasteiger partial charge in [0.05, 0.1) is 16.3 Å². The second kappa shape index (κ2) is 6.85. The topological polar surface area (TPSA) is 56.7 Å². The summed E-state index contributed by atoms with van der Waals surface area (Å²) in [5.74, 6) is 1.85. The van der Waals surface area contributed by atoms with E-state index in [0.29, 0.717) is 17.5 Å². The van der Waals surface area contributed by atoms with Crippen molar-refractivity contribution in [2.24, 2.45) is 0 Å². The van der Waals surface area contributed by atoms with Crippen LogP contribution in [0.5, 0.6) is 0 Å². The Kier molecular flexibility index (Phi) is 4.42. The average Bonchev–Trinajstić information content (AvgIpc) is 3.36. The average molecular weight is 368 g/mol. The van der Waals surface area contributed by atoms with Gasteiger partial charge in [0, 0.05) is 12.4 Å². The summed E-state index contributed by atoms with van der Waals surface area (Å²) in [5, 5.41) is 6.98. The fourth-order valence-electron chi connectivity index (χ4n) is 2.50. The lowest BCUT2D eigenvalue weighted by molar-refractivity contribution is 0.426. The van der Waals surface area contributed by atoms with Gasteiger partial charge in [-0.1, -0.05) is 35.1 Å². The van der Waals surface area contributed by atoms with Gasteiger partial charge in [-0.2, -0.15) is 4.98 Å². The maximum atomic E-state index is 5.34. The maximum Gasteiger partial charge on any atom is 0.268 e. The number of aromatic nitrogens is 4. The molecular formula is C18H16N4OS2. The first-order valence-corrected chi connectivity index (χ1v) is 9.67. The molecule has 0 radical (unpaired) electrons. The largest absolute Gasteiger partial charge is 0.333 e. The highest BCUT2D eigenvalue weighted by molar-refractivity contribution is 7.98. The molecule has 1 aromatic carbocycles. The summed E-state index contributed by atoms with van der Waals surface area (Å²) in [7, 11) is 0. The van der Waals surface area contributed by atoms with Gasteiger partial charge < -0.3 is 4.52 Å². The molecule has 7 heteroatoms. The number of thioether (sulfide) groups is 1. The minimum Gasteiger partial charge on any atom is -0.333 e. The van der Waals surface area contributed by atoms with Crippen molar-refractivity contribution in [3.05, 3.63) is 65.1 Å². The molecule has 126 valence electrons. The standard InChI is InChI=1S/C18H16N4OS2/c1-12-5-6-13(2)14(10-12)22-8-7-19-18(22)25-11-16-20-17(23-21-16)15-4-3-9-24-15/h3-10H,11H2,1-2H3. The molecule has 0 aliphatic heterocycles. The zero-order valence-corrected chi connectivity index (χ0v) is 15.5. The van der Waals surface area contributed by atoms with Crippen molar-refractivity contribution in [1.82, 2.24) is 19.7 Å². The lowest BCUT2D eigenvalue weighted by Gasteiger charge is -2.10. The zero-order valence-electron chi connectivity index (χ0n) is 13.8. The van der Waals surface area contributed by atoms with Crippen molar-refractivity contribution >= 4 is 23.1 Å². The third-order valence-electron chi connectivity index (χ3n) is 3.76. The minimum absolute atomic E-state index is 0.573. The molecule has 4 rings (SSSR count). The number of aryl methyl sites for hydroxylation is 2. The highest BCUT2D eigenvalue weighted by Crippen LogP contribution is 2.27. The predicted molar refractivity (Wildman–Crippen MR) is 100 cm³/mol. The van der Waals surface area contributed by atoms with Crippen LogP contribution >= 0.6 is 23.1 Å². The summed E-state index contributed by atoms with van der Waals surface area (Å²) in [4.78, 5) is 9.92. The Morgan fingerprint density at radius 2 is 2.16 bits per heavy atom. The molecule has 3 aromatic heterocycles. The Morgan fingerprint density at radius 1 is 1.24 bits per heavy atom. The van der Waals surface area contributed by atoms with E-state index in [2.05, 4.69) is 51.7 Å². The fraction of sp³-hybridized carbons (Fsp3) is 0.167. The zero-order chi connectivity index (χ0) is 17.2. The van der Waals surface area contributed by atoms with Gasteiger partial charge in [0.25, 0.3) is 5.89 Å². The third kappa shape index (κ3) is 3.38. The number of rotatable bonds is 5. The van der Waals surface area contributed by atoms with Crippen molar-refractivity contribution in [2.75, 3.05) is 0 Å². The molecule has 0 saturated carbocycles. The smallest absolute Gasteiger partial charge is 0.268 e. The van der Waals surface area contributed by atoms with Gasteiger partial charge in [0.15, 0.2) is 11.0 Å². The number of benzene rings is 1. The van der Waals surface area contributed by atoms with Gasteiger partial charge >= 0.3 is 0 Å². The van der Waals surface area contributed by atoms with E-state index in [9.17, 15) is 0 Å². The molecule has 0 unspecified atom stereocenters. The molecule has 0 aliphatic carbocycles. The molecule has 25 heavy (non-hydrogen) atoms. The van der Waals surface area contributed by atoms with Crippen LogP contribution in [0, 0.1) is 13.8 Å². The SMILES string of the molecule is Cc1ccc(C)c(-n2ccnc2SCc2noc(-c3cccs3)n2)c1. The van der Waals surface area contributed by atoms with E-state index in [-0.39, 0.29) is 0 Å². The first-order valence-electron chi connectivity index (χ1n) is 7.81. The third-order valence-corrected chi connectivity index (χ3v) is 5.58. The lowest BCUT2D eigenvalue weighted by atomic mass is 10.1. The molecule has 0 bridgehead atoms. The van der Waals surface area contributed by atoms with E-state index < -0.39 is 0 Å². The van der Waals surface area contributed by atoms with E-state index in [1.807, 2.05) is 29.9 Å². The van der Waals surface area contributed by atoms with E-state index in [4.69, 9.17) is 4.52 Å². The Morgan fingerprint density at radius 3 is 3.00 bits per heavy atom. The molecule has 0 amide bonds. The van der Waals surface area contributed by atoms with Crippen LogP contribution < -0.4 is 0 Å². The minimum atomic E-state index is 0.573. The monoisotopic (exact) mass is 368 g/mol. The van der Waals surface area contributed by atoms with E-state index in [1.54, 1.807) is 23.1 Å². The van der Waals surface area contributed by atoms with E-state index in [0.717, 1.165) is 15.7 Å². The van der Waals surface area contributed by atoms with Crippen LogP contribution in [0.15, 0.2) is 57.8 Å². The Labute approximate surface area is 153 Å². The summed E-state index contributed by atoms with van der Waals surface area (Å²) >= 11 is 3.19. The number of nitrogens with zero attached hydrogens (tertiary/aromatic N) is 4. The molecule has 3 heterocycles. The molecule has 0 spiro atoms. The highest BCUT2D eigenvalue weighted by Gasteiger charge is 2.13. The Hall–Kier alpha value is -2.38. The van der Waals surface area contributed by atoms with Crippen LogP contribution in [0.3, 0.4) is 0 Å². The number of hydrogen-bond acceptors (Lipinski definition) is 6. The quantitative estimate of drug-likeness (QED) is 0.469. The van der Waals surface area contributed by atoms with Crippen LogP contribution in [0.1, 0.15) is 17.0 Å². The van der Waals surface area contributed by atoms with E-state index in [1.165, 1.54) is 11.1 Å². The summed E-state index contributed by atoms with van der Waals surface area (Å²) in [6, 6.07) is 10.4. The number of hydrogen-bond donors (Lipinski definition) is 0. The molecule has 0 aliphatic rings. The number of thiophene rings is 1. The van der Waals surface area contributed by atoms with Crippen molar-refractivity contribution in [3.63, 3.8) is 0 Å². The molecule has 0 atom stereocenters. The second-order valence-corrected chi connectivity index (χ2v) is 7.54. The molecular weight excluding hydrogens is 352 g/mol. The molecule has 4 aromatic rings. The van der Waals surface area contributed by atoms with Gasteiger partial charge in [0.1, 0.15) is 0 Å². The molecule has 0 fully saturated rings. The van der Waals surface area contributed by atoms with Crippen molar-refractivity contribution < 1.29 is 4.52 Å². The molecule has 5 nitrogen and oxygen atoms in total. The summed E-state index contributed by atoms with van der Waals surface area (Å²) < 4.78 is 7.44. The lowest BCUT2D eigenvalue weighted by Crippen LogP contribution is -1.99. The van der Waals surface area contributed by atoms with Crippen LogP contribution in [0.4, 0.5) is 0 Å². The first-order chi connectivity index (χ1) is 12.2. The van der Waals surface area contributed by atoms with Gasteiger partial charge in [-0.05, 0) is 42.5 Å². The van der Waals surface area contributed by atoms with Crippen molar-refractivity contribution in [3.8, 4) is 16.5 Å². The normalized spacial score (nSPS) is 11.1. The summed E-state index contributed by atoms with van der Waals surface area (Å²) in [6.07, 6.45) is 3.80. The van der Waals surface area contributed by atoms with Crippen LogP contribution in [-0.2, 0) is 5.75 Å². The van der Waals surface area contributed by atoms with Crippen molar-refractivity contribution in [1.29, 1.82) is 0 Å². The van der Waals surface area contributed by atoms with Gasteiger partial charge in [0.2, 0.25) is 0 Å². The van der Waals surface area contributed by atoms with Gasteiger partial charge in [-0.3, -0.25) is 4.57 Å². The number of imidazole rings is 1. The van der Waals surface area contributed by atoms with E-state index >= 15 is 0 Å². The van der Waals surface area contributed by atoms with Crippen LogP contribution in [-0.4, -0.2) is 19.7 Å². The van der Waals surface area contributed by atoms with Crippen molar-refractivity contribution in [2.45, 2.75) is 24.8 Å². The Balaban J connectivity index is 1.53.